The number of halogens is 1. The molecule has 0 aliphatic heterocycles. The number of hydrogen-bond donors (Lipinski definition) is 2. The molecule has 0 spiro atoms. The van der Waals surface area contributed by atoms with Crippen molar-refractivity contribution in [2.45, 2.75) is 18.8 Å². The number of nitrogens with one attached hydrogen (secondary N) is 1. The van der Waals surface area contributed by atoms with Crippen LogP contribution in [-0.2, 0) is 0 Å². The molecule has 22 heavy (non-hydrogen) atoms. The zero-order valence-electron chi connectivity index (χ0n) is 11.5. The Morgan fingerprint density at radius 2 is 2.09 bits per heavy atom. The number of nitrogens with two attached hydrogens (primary N) is 1. The van der Waals surface area contributed by atoms with E-state index < -0.39 is 5.91 Å². The topological polar surface area (TPSA) is 97.6 Å². The van der Waals surface area contributed by atoms with Gasteiger partial charge >= 0.3 is 0 Å². The third kappa shape index (κ3) is 2.21. The van der Waals surface area contributed by atoms with Gasteiger partial charge in [-0.1, -0.05) is 11.6 Å². The third-order valence-corrected chi connectivity index (χ3v) is 4.03. The van der Waals surface area contributed by atoms with Crippen molar-refractivity contribution < 1.29 is 4.79 Å². The first-order valence-corrected chi connectivity index (χ1v) is 7.31. The molecular weight excluding hydrogens is 302 g/mol. The number of aromatic amines is 1. The molecule has 0 atom stereocenters. The third-order valence-electron chi connectivity index (χ3n) is 3.74. The van der Waals surface area contributed by atoms with Crippen LogP contribution < -0.4 is 5.73 Å². The molecular formula is C15H12ClN5O. The van der Waals surface area contributed by atoms with Crippen LogP contribution in [0.5, 0.6) is 0 Å². The molecule has 0 bridgehead atoms. The number of benzene rings is 1. The fraction of sp³-hybridized carbons (Fsp3) is 0.200. The zero-order chi connectivity index (χ0) is 15.3. The summed E-state index contributed by atoms with van der Waals surface area (Å²) in [6.45, 7) is 0. The van der Waals surface area contributed by atoms with Gasteiger partial charge in [-0.2, -0.15) is 0 Å². The molecule has 110 valence electrons. The van der Waals surface area contributed by atoms with Gasteiger partial charge in [0.2, 0.25) is 0 Å². The van der Waals surface area contributed by atoms with E-state index in [0.29, 0.717) is 16.6 Å². The standard InChI is InChI=1S/C15H12ClN5O/c16-9-3-8(10-5-12(14(17)22)19-6-18-10)4-11-13(9)21-15(20-11)7-1-2-7/h3-7H,1-2H2,(H2,17,22)(H,20,21). The summed E-state index contributed by atoms with van der Waals surface area (Å²) in [6, 6.07) is 5.26. The molecule has 0 saturated heterocycles. The summed E-state index contributed by atoms with van der Waals surface area (Å²) in [7, 11) is 0. The quantitative estimate of drug-likeness (QED) is 0.776. The van der Waals surface area contributed by atoms with E-state index in [1.54, 1.807) is 12.1 Å². The van der Waals surface area contributed by atoms with Crippen molar-refractivity contribution in [3.63, 3.8) is 0 Å². The molecule has 4 rings (SSSR count). The number of nitrogens with zero attached hydrogens (tertiary/aromatic N) is 3. The van der Waals surface area contributed by atoms with Gasteiger partial charge in [0.25, 0.3) is 5.91 Å². The van der Waals surface area contributed by atoms with Crippen molar-refractivity contribution in [1.82, 2.24) is 19.9 Å². The second-order valence-electron chi connectivity index (χ2n) is 5.40. The Kier molecular flexibility index (Phi) is 2.87. The molecule has 7 heteroatoms. The number of fused-ring (bicyclic) bond motifs is 1. The van der Waals surface area contributed by atoms with Gasteiger partial charge in [-0.05, 0) is 31.0 Å². The Bertz CT molecular complexity index is 900. The summed E-state index contributed by atoms with van der Waals surface area (Å²) in [5.74, 6) is 0.912. The second-order valence-corrected chi connectivity index (χ2v) is 5.81. The maximum Gasteiger partial charge on any atom is 0.267 e. The van der Waals surface area contributed by atoms with Crippen molar-refractivity contribution in [2.75, 3.05) is 0 Å². The zero-order valence-corrected chi connectivity index (χ0v) is 12.3. The Hall–Kier alpha value is -2.47. The minimum atomic E-state index is -0.589. The molecule has 2 aromatic heterocycles. The highest BCUT2D eigenvalue weighted by Crippen LogP contribution is 2.40. The molecule has 0 unspecified atom stereocenters. The van der Waals surface area contributed by atoms with E-state index in [0.717, 1.165) is 35.3 Å². The smallest absolute Gasteiger partial charge is 0.267 e. The molecule has 1 aliphatic carbocycles. The normalized spacial score (nSPS) is 14.4. The predicted octanol–water partition coefficient (Wildman–Crippen LogP) is 2.65. The van der Waals surface area contributed by atoms with Crippen molar-refractivity contribution in [3.8, 4) is 11.3 Å². The molecule has 1 fully saturated rings. The van der Waals surface area contributed by atoms with Crippen LogP contribution in [0.1, 0.15) is 35.1 Å². The fourth-order valence-electron chi connectivity index (χ4n) is 2.44. The molecule has 3 N–H and O–H groups in total. The summed E-state index contributed by atoms with van der Waals surface area (Å²) in [4.78, 5) is 27.1. The molecule has 1 amide bonds. The van der Waals surface area contributed by atoms with E-state index in [1.807, 2.05) is 6.07 Å². The number of hydrogen-bond acceptors (Lipinski definition) is 4. The van der Waals surface area contributed by atoms with Crippen molar-refractivity contribution in [1.29, 1.82) is 0 Å². The average Bonchev–Trinajstić information content (AvgIpc) is 3.27. The lowest BCUT2D eigenvalue weighted by Gasteiger charge is -2.03. The van der Waals surface area contributed by atoms with E-state index in [1.165, 1.54) is 6.33 Å². The van der Waals surface area contributed by atoms with Crippen LogP contribution in [0, 0.1) is 0 Å². The van der Waals surface area contributed by atoms with Crippen LogP contribution in [0.2, 0.25) is 5.02 Å². The lowest BCUT2D eigenvalue weighted by atomic mass is 10.1. The Morgan fingerprint density at radius 1 is 1.27 bits per heavy atom. The van der Waals surface area contributed by atoms with E-state index in [-0.39, 0.29) is 5.69 Å². The lowest BCUT2D eigenvalue weighted by molar-refractivity contribution is 0.0995. The van der Waals surface area contributed by atoms with Gasteiger partial charge in [0.05, 0.1) is 16.2 Å². The number of carbonyl (C=O) groups is 1. The Morgan fingerprint density at radius 3 is 2.82 bits per heavy atom. The van der Waals surface area contributed by atoms with Gasteiger partial charge in [0, 0.05) is 11.5 Å². The highest BCUT2D eigenvalue weighted by Gasteiger charge is 2.27. The SMILES string of the molecule is NC(=O)c1cc(-c2cc(Cl)c3nc(C4CC4)[nH]c3c2)ncn1. The predicted molar refractivity (Wildman–Crippen MR) is 82.6 cm³/mol. The monoisotopic (exact) mass is 313 g/mol. The summed E-state index contributed by atoms with van der Waals surface area (Å²) in [5.41, 5.74) is 8.43. The van der Waals surface area contributed by atoms with Gasteiger partial charge in [0.1, 0.15) is 23.4 Å². The highest BCUT2D eigenvalue weighted by molar-refractivity contribution is 6.35. The maximum absolute atomic E-state index is 11.2. The molecule has 1 saturated carbocycles. The number of imidazole rings is 1. The number of aromatic nitrogens is 4. The minimum Gasteiger partial charge on any atom is -0.364 e. The highest BCUT2D eigenvalue weighted by atomic mass is 35.5. The van der Waals surface area contributed by atoms with Gasteiger partial charge in [0.15, 0.2) is 0 Å². The number of primary amides is 1. The van der Waals surface area contributed by atoms with E-state index in [2.05, 4.69) is 19.9 Å². The summed E-state index contributed by atoms with van der Waals surface area (Å²) < 4.78 is 0. The van der Waals surface area contributed by atoms with E-state index in [4.69, 9.17) is 17.3 Å². The van der Waals surface area contributed by atoms with Crippen LogP contribution in [0.15, 0.2) is 24.5 Å². The van der Waals surface area contributed by atoms with Crippen molar-refractivity contribution >= 4 is 28.5 Å². The summed E-state index contributed by atoms with van der Waals surface area (Å²) in [5, 5.41) is 0.551. The molecule has 1 aliphatic rings. The average molecular weight is 314 g/mol. The van der Waals surface area contributed by atoms with Gasteiger partial charge in [-0.25, -0.2) is 15.0 Å². The molecule has 1 aromatic carbocycles. The summed E-state index contributed by atoms with van der Waals surface area (Å²) >= 11 is 6.34. The maximum atomic E-state index is 11.2. The number of H-pyrrole nitrogens is 1. The van der Waals surface area contributed by atoms with Crippen LogP contribution in [0.3, 0.4) is 0 Å². The van der Waals surface area contributed by atoms with Crippen LogP contribution in [0.4, 0.5) is 0 Å². The fourth-order valence-corrected chi connectivity index (χ4v) is 2.70. The number of carbonyl (C=O) groups excluding carboxylic acids is 1. The van der Waals surface area contributed by atoms with Gasteiger partial charge in [-0.15, -0.1) is 0 Å². The first-order chi connectivity index (χ1) is 10.6. The van der Waals surface area contributed by atoms with Gasteiger partial charge in [-0.3, -0.25) is 4.79 Å². The molecule has 6 nitrogen and oxygen atoms in total. The molecule has 3 aromatic rings. The Balaban J connectivity index is 1.84. The van der Waals surface area contributed by atoms with E-state index in [9.17, 15) is 4.79 Å². The van der Waals surface area contributed by atoms with Crippen molar-refractivity contribution in [2.24, 2.45) is 5.73 Å². The van der Waals surface area contributed by atoms with Crippen LogP contribution in [0.25, 0.3) is 22.3 Å². The Labute approximate surface area is 130 Å². The molecule has 0 radical (unpaired) electrons. The second kappa shape index (κ2) is 4.78. The number of rotatable bonds is 3. The summed E-state index contributed by atoms with van der Waals surface area (Å²) in [6.07, 6.45) is 3.65. The minimum absolute atomic E-state index is 0.171. The van der Waals surface area contributed by atoms with Gasteiger partial charge < -0.3 is 10.7 Å². The largest absolute Gasteiger partial charge is 0.364 e. The lowest BCUT2D eigenvalue weighted by Crippen LogP contribution is -2.13. The van der Waals surface area contributed by atoms with E-state index >= 15 is 0 Å². The van der Waals surface area contributed by atoms with Crippen LogP contribution >= 0.6 is 11.6 Å². The van der Waals surface area contributed by atoms with Crippen molar-refractivity contribution in [3.05, 3.63) is 41.1 Å². The first kappa shape index (κ1) is 13.2. The first-order valence-electron chi connectivity index (χ1n) is 6.93. The number of amides is 1. The van der Waals surface area contributed by atoms with Crippen LogP contribution in [-0.4, -0.2) is 25.8 Å². The molecule has 2 heterocycles.